The fourth-order valence-corrected chi connectivity index (χ4v) is 11.1. The fourth-order valence-electron chi connectivity index (χ4n) is 9.25. The Morgan fingerprint density at radius 3 is 2.15 bits per heavy atom. The Balaban J connectivity index is 0.000000248. The molecule has 6 aliphatic rings. The van der Waals surface area contributed by atoms with Gasteiger partial charge in [-0.3, -0.25) is 4.79 Å². The van der Waals surface area contributed by atoms with E-state index in [0.29, 0.717) is 59.1 Å². The summed E-state index contributed by atoms with van der Waals surface area (Å²) >= 11 is 1.44. The van der Waals surface area contributed by atoms with Crippen LogP contribution in [0.3, 0.4) is 0 Å². The number of nitrogens with two attached hydrogens (primary N) is 1. The van der Waals surface area contributed by atoms with Crippen molar-refractivity contribution in [2.24, 2.45) is 52.1 Å². The first kappa shape index (κ1) is 34.4. The van der Waals surface area contributed by atoms with Crippen molar-refractivity contribution in [1.29, 1.82) is 0 Å². The van der Waals surface area contributed by atoms with Crippen molar-refractivity contribution < 1.29 is 27.6 Å². The molecular formula is C37H50N2O6S2. The highest BCUT2D eigenvalue weighted by Crippen LogP contribution is 2.62. The Kier molecular flexibility index (Phi) is 9.57. The Bertz CT molecular complexity index is 1690. The van der Waals surface area contributed by atoms with Gasteiger partial charge < -0.3 is 25.4 Å². The Labute approximate surface area is 283 Å². The molecular weight excluding hydrogens is 633 g/mol. The molecule has 1 aromatic heterocycles. The molecule has 8 atom stereocenters. The van der Waals surface area contributed by atoms with Gasteiger partial charge in [0.1, 0.15) is 10.6 Å². The van der Waals surface area contributed by atoms with Crippen LogP contribution in [0.25, 0.3) is 10.1 Å². The number of hydrogen-bond donors (Lipinski definition) is 4. The smallest absolute Gasteiger partial charge is 0.339 e. The van der Waals surface area contributed by atoms with Gasteiger partial charge in [-0.05, 0) is 115 Å². The van der Waals surface area contributed by atoms with Crippen LogP contribution in [0, 0.1) is 46.3 Å². The number of thiophene rings is 1. The van der Waals surface area contributed by atoms with E-state index in [2.05, 4.69) is 33.0 Å². The molecule has 6 saturated carbocycles. The fraction of sp³-hybridized carbons (Fsp3) is 0.595. The van der Waals surface area contributed by atoms with Gasteiger partial charge in [0.15, 0.2) is 0 Å². The number of fused-ring (bicyclic) bond motifs is 5. The third-order valence-corrected chi connectivity index (χ3v) is 14.8. The van der Waals surface area contributed by atoms with Crippen molar-refractivity contribution in [3.63, 3.8) is 0 Å². The second-order valence-corrected chi connectivity index (χ2v) is 17.9. The average Bonchev–Trinajstić information content (AvgIpc) is 3.46. The molecule has 6 fully saturated rings. The second-order valence-electron chi connectivity index (χ2n) is 15.5. The van der Waals surface area contributed by atoms with Gasteiger partial charge in [0.25, 0.3) is 5.91 Å². The molecule has 1 heterocycles. The van der Waals surface area contributed by atoms with Crippen molar-refractivity contribution >= 4 is 37.4 Å². The Morgan fingerprint density at radius 1 is 0.915 bits per heavy atom. The molecule has 0 unspecified atom stereocenters. The number of carbonyl (C=O) groups excluding carboxylic acids is 1. The molecule has 10 heteroatoms. The van der Waals surface area contributed by atoms with Crippen LogP contribution in [-0.2, 0) is 10.1 Å². The Morgan fingerprint density at radius 2 is 1.53 bits per heavy atom. The van der Waals surface area contributed by atoms with Crippen LogP contribution in [0.2, 0.25) is 0 Å². The van der Waals surface area contributed by atoms with Crippen LogP contribution in [-0.4, -0.2) is 49.8 Å². The summed E-state index contributed by atoms with van der Waals surface area (Å²) in [6, 6.07) is 13.4. The summed E-state index contributed by atoms with van der Waals surface area (Å²) in [5.41, 5.74) is 7.39. The number of carbonyl (C=O) groups is 1. The first-order chi connectivity index (χ1) is 22.3. The van der Waals surface area contributed by atoms with E-state index in [9.17, 15) is 18.3 Å². The number of amides is 1. The summed E-state index contributed by atoms with van der Waals surface area (Å²) in [7, 11) is -3.97. The van der Waals surface area contributed by atoms with Crippen LogP contribution in [0.4, 0.5) is 0 Å². The van der Waals surface area contributed by atoms with Crippen molar-refractivity contribution in [2.45, 2.75) is 83.2 Å². The highest BCUT2D eigenvalue weighted by Gasteiger charge is 2.58. The molecule has 256 valence electrons. The first-order valence-corrected chi connectivity index (χ1v) is 19.4. The number of hydrogen-bond acceptors (Lipinski definition) is 8. The largest absolute Gasteiger partial charge is 0.396 e. The molecule has 0 radical (unpaired) electrons. The molecule has 5 N–H and O–H groups in total. The van der Waals surface area contributed by atoms with Crippen LogP contribution in [0.15, 0.2) is 58.8 Å². The van der Waals surface area contributed by atoms with E-state index in [1.165, 1.54) is 36.3 Å². The number of aliphatic hydroxyl groups is 2. The van der Waals surface area contributed by atoms with Crippen LogP contribution in [0.5, 0.6) is 5.75 Å². The maximum atomic E-state index is 13.4. The van der Waals surface area contributed by atoms with Gasteiger partial charge in [-0.2, -0.15) is 8.42 Å². The SMILES string of the molecule is CC1(C)[C@H]2C[C@H](CCO)[C@@H](N)[C@@H]1C2.CC1(C)[C@H]2C[C@H](CCO)[C@@H](NC(=O)c3csc4ccc(OS(=O)(=O)c5ccccc5)cc34)[C@@H]1C2. The number of aliphatic hydroxyl groups excluding tert-OH is 2. The number of rotatable bonds is 9. The zero-order valence-corrected chi connectivity index (χ0v) is 29.5. The molecule has 0 spiro atoms. The molecule has 2 aromatic carbocycles. The lowest BCUT2D eigenvalue weighted by Crippen LogP contribution is -2.63. The van der Waals surface area contributed by atoms with E-state index >= 15 is 0 Å². The molecule has 1 amide bonds. The van der Waals surface area contributed by atoms with Crippen LogP contribution < -0.4 is 15.2 Å². The predicted octanol–water partition coefficient (Wildman–Crippen LogP) is 6.21. The normalized spacial score (nSPS) is 31.5. The van der Waals surface area contributed by atoms with Gasteiger partial charge >= 0.3 is 10.1 Å². The summed E-state index contributed by atoms with van der Waals surface area (Å²) in [5, 5.41) is 24.2. The van der Waals surface area contributed by atoms with Gasteiger partial charge in [0, 0.05) is 40.8 Å². The van der Waals surface area contributed by atoms with E-state index in [-0.39, 0.29) is 40.5 Å². The number of benzene rings is 2. The molecule has 4 bridgehead atoms. The highest BCUT2D eigenvalue weighted by molar-refractivity contribution is 7.87. The summed E-state index contributed by atoms with van der Waals surface area (Å²) in [4.78, 5) is 13.5. The van der Waals surface area contributed by atoms with Gasteiger partial charge in [-0.15, -0.1) is 11.3 Å². The van der Waals surface area contributed by atoms with E-state index in [1.54, 1.807) is 36.4 Å². The topological polar surface area (TPSA) is 139 Å². The maximum absolute atomic E-state index is 13.4. The monoisotopic (exact) mass is 682 g/mol. The maximum Gasteiger partial charge on any atom is 0.339 e. The van der Waals surface area contributed by atoms with E-state index in [4.69, 9.17) is 15.0 Å². The van der Waals surface area contributed by atoms with Crippen molar-refractivity contribution in [2.75, 3.05) is 13.2 Å². The summed E-state index contributed by atoms with van der Waals surface area (Å²) in [5.74, 6) is 3.48. The van der Waals surface area contributed by atoms with Crippen LogP contribution in [0.1, 0.15) is 76.6 Å². The van der Waals surface area contributed by atoms with Gasteiger partial charge in [0.2, 0.25) is 0 Å². The zero-order chi connectivity index (χ0) is 33.7. The predicted molar refractivity (Wildman–Crippen MR) is 186 cm³/mol. The lowest BCUT2D eigenvalue weighted by atomic mass is 9.44. The lowest BCUT2D eigenvalue weighted by molar-refractivity contribution is -0.114. The third kappa shape index (κ3) is 6.36. The second kappa shape index (κ2) is 13.1. The minimum absolute atomic E-state index is 0.0208. The van der Waals surface area contributed by atoms with Gasteiger partial charge in [0.05, 0.1) is 5.56 Å². The standard InChI is InChI=1S/C26H29NO5S2.C11H21NO/c1-26(2)17-12-16(10-11-28)24(22(26)13-17)27-25(29)21-15-33-23-9-8-18(14-20(21)23)32-34(30,31)19-6-4-3-5-7-19;1-11(2)8-5-7(3-4-13)10(12)9(11)6-8/h3-9,14-17,22,24,28H,10-13H2,1-2H3,(H,27,29);7-10,13H,3-6,12H2,1-2H3/t16-,17-,22-,24+;7-,8-,9-,10+/m00/s1. The number of nitrogens with one attached hydrogen (secondary N) is 1. The minimum atomic E-state index is -3.97. The van der Waals surface area contributed by atoms with Gasteiger partial charge in [-0.1, -0.05) is 45.9 Å². The van der Waals surface area contributed by atoms with Gasteiger partial charge in [-0.25, -0.2) is 0 Å². The summed E-state index contributed by atoms with van der Waals surface area (Å²) < 4.78 is 31.5. The summed E-state index contributed by atoms with van der Waals surface area (Å²) in [6.45, 7) is 9.67. The van der Waals surface area contributed by atoms with E-state index in [0.717, 1.165) is 29.9 Å². The molecule has 0 aliphatic heterocycles. The van der Waals surface area contributed by atoms with Crippen molar-refractivity contribution in [3.8, 4) is 5.75 Å². The van der Waals surface area contributed by atoms with E-state index < -0.39 is 10.1 Å². The van der Waals surface area contributed by atoms with Crippen molar-refractivity contribution in [1.82, 2.24) is 5.32 Å². The van der Waals surface area contributed by atoms with Crippen LogP contribution >= 0.6 is 11.3 Å². The molecule has 6 aliphatic carbocycles. The molecule has 47 heavy (non-hydrogen) atoms. The molecule has 9 rings (SSSR count). The molecule has 3 aromatic rings. The molecule has 0 saturated heterocycles. The Hall–Kier alpha value is -2.50. The zero-order valence-electron chi connectivity index (χ0n) is 27.9. The lowest BCUT2D eigenvalue weighted by Gasteiger charge is -2.62. The highest BCUT2D eigenvalue weighted by atomic mass is 32.2. The quantitative estimate of drug-likeness (QED) is 0.197. The first-order valence-electron chi connectivity index (χ1n) is 17.1. The van der Waals surface area contributed by atoms with Crippen molar-refractivity contribution in [3.05, 3.63) is 59.5 Å². The average molecular weight is 683 g/mol. The summed E-state index contributed by atoms with van der Waals surface area (Å²) in [6.07, 6.45) is 6.30. The van der Waals surface area contributed by atoms with E-state index in [1.807, 2.05) is 5.38 Å². The molecule has 8 nitrogen and oxygen atoms in total. The third-order valence-electron chi connectivity index (χ3n) is 12.5. The minimum Gasteiger partial charge on any atom is -0.396 e.